The molecular formula is C19H27N6O2+. The van der Waals surface area contributed by atoms with Crippen molar-refractivity contribution in [2.24, 2.45) is 5.92 Å². The molecule has 1 aliphatic rings. The molecule has 0 amide bonds. The molecule has 1 fully saturated rings. The highest BCUT2D eigenvalue weighted by Gasteiger charge is 2.33. The number of anilines is 1. The van der Waals surface area contributed by atoms with E-state index in [9.17, 15) is 5.26 Å². The van der Waals surface area contributed by atoms with E-state index in [0.29, 0.717) is 24.6 Å². The summed E-state index contributed by atoms with van der Waals surface area (Å²) in [4.78, 5) is 8.56. The molecule has 1 saturated carbocycles. The highest BCUT2D eigenvalue weighted by Crippen LogP contribution is 2.33. The van der Waals surface area contributed by atoms with Gasteiger partial charge < -0.3 is 15.2 Å². The molecule has 2 aromatic rings. The van der Waals surface area contributed by atoms with Crippen LogP contribution in [0.3, 0.4) is 0 Å². The molecule has 144 valence electrons. The van der Waals surface area contributed by atoms with Crippen molar-refractivity contribution in [1.29, 1.82) is 5.26 Å². The van der Waals surface area contributed by atoms with Crippen LogP contribution in [0, 0.1) is 17.2 Å². The number of nitrogen functional groups attached to an aromatic ring is 1. The first kappa shape index (κ1) is 19.3. The van der Waals surface area contributed by atoms with E-state index < -0.39 is 6.29 Å². The first-order chi connectivity index (χ1) is 13.2. The predicted molar refractivity (Wildman–Crippen MR) is 99.2 cm³/mol. The Hall–Kier alpha value is -2.50. The molecule has 0 radical (unpaired) electrons. The number of aromatic nitrogens is 4. The standard InChI is InChI=1S/C19H26N6O2/c1-26-17(27-2)9-15-18(22-12-23-19(15)21)14-10-24-25(11-14)16(7-8-20)13-5-3-4-6-13/h10-13,16-17H,3-7,9H2,1-2H3,(H2,21,22,23)/p+1/t16-/m1/s1. The normalized spacial score (nSPS) is 15.9. The summed E-state index contributed by atoms with van der Waals surface area (Å²) in [6.07, 6.45) is 10.7. The van der Waals surface area contributed by atoms with Gasteiger partial charge in [0.25, 0.3) is 0 Å². The van der Waals surface area contributed by atoms with E-state index in [1.54, 1.807) is 14.2 Å². The van der Waals surface area contributed by atoms with Crippen LogP contribution < -0.4 is 10.4 Å². The maximum atomic E-state index is 9.27. The van der Waals surface area contributed by atoms with Gasteiger partial charge in [0.1, 0.15) is 12.1 Å². The third kappa shape index (κ3) is 4.26. The number of hydrogen-bond donors (Lipinski definition) is 2. The van der Waals surface area contributed by atoms with Crippen LogP contribution in [0.1, 0.15) is 43.7 Å². The van der Waals surface area contributed by atoms with Gasteiger partial charge in [-0.25, -0.2) is 9.97 Å². The number of nitrogens with one attached hydrogen (secondary N) is 1. The molecule has 2 heterocycles. The molecule has 0 saturated heterocycles. The highest BCUT2D eigenvalue weighted by atomic mass is 16.7. The van der Waals surface area contributed by atoms with Gasteiger partial charge in [0.2, 0.25) is 6.20 Å². The van der Waals surface area contributed by atoms with Crippen molar-refractivity contribution < 1.29 is 14.2 Å². The molecule has 3 N–H and O–H groups in total. The molecule has 1 atom stereocenters. The van der Waals surface area contributed by atoms with Gasteiger partial charge in [-0.05, 0) is 12.8 Å². The van der Waals surface area contributed by atoms with E-state index in [-0.39, 0.29) is 6.04 Å². The Morgan fingerprint density at radius 3 is 2.74 bits per heavy atom. The summed E-state index contributed by atoms with van der Waals surface area (Å²) in [5, 5.41) is 12.6. The van der Waals surface area contributed by atoms with Crippen molar-refractivity contribution in [1.82, 2.24) is 15.1 Å². The lowest BCUT2D eigenvalue weighted by atomic mass is 9.96. The van der Waals surface area contributed by atoms with E-state index in [4.69, 9.17) is 15.2 Å². The number of hydrogen-bond acceptors (Lipinski definition) is 6. The molecule has 0 bridgehead atoms. The number of ether oxygens (including phenoxy) is 2. The molecule has 2 aromatic heterocycles. The molecule has 3 rings (SSSR count). The fourth-order valence-electron chi connectivity index (χ4n) is 3.92. The van der Waals surface area contributed by atoms with Crippen molar-refractivity contribution in [2.75, 3.05) is 20.0 Å². The van der Waals surface area contributed by atoms with E-state index in [2.05, 4.69) is 21.1 Å². The lowest BCUT2D eigenvalue weighted by Gasteiger charge is -2.15. The van der Waals surface area contributed by atoms with E-state index in [0.717, 1.165) is 16.8 Å². The van der Waals surface area contributed by atoms with Crippen LogP contribution in [0.2, 0.25) is 0 Å². The van der Waals surface area contributed by atoms with Gasteiger partial charge in [-0.3, -0.25) is 0 Å². The van der Waals surface area contributed by atoms with E-state index in [1.165, 1.54) is 32.0 Å². The SMILES string of the molecule is COC(Cc1c(N)ncnc1-c1c[nH][n+]([C@H](CC#N)C2CCCC2)c1)OC. The zero-order chi connectivity index (χ0) is 19.2. The van der Waals surface area contributed by atoms with Gasteiger partial charge >= 0.3 is 0 Å². The molecule has 0 spiro atoms. The van der Waals surface area contributed by atoms with Gasteiger partial charge in [-0.15, -0.1) is 4.68 Å². The van der Waals surface area contributed by atoms with Crippen LogP contribution in [0.5, 0.6) is 0 Å². The minimum Gasteiger partial charge on any atom is -0.383 e. The molecule has 8 heteroatoms. The van der Waals surface area contributed by atoms with Crippen molar-refractivity contribution in [3.05, 3.63) is 24.3 Å². The van der Waals surface area contributed by atoms with Crippen molar-refractivity contribution in [2.45, 2.75) is 50.9 Å². The summed E-state index contributed by atoms with van der Waals surface area (Å²) in [5.41, 5.74) is 8.55. The Balaban J connectivity index is 1.91. The number of nitrogens with zero attached hydrogens (tertiary/aromatic N) is 4. The minimum absolute atomic E-state index is 0.152. The van der Waals surface area contributed by atoms with Gasteiger partial charge in [0.15, 0.2) is 12.3 Å². The van der Waals surface area contributed by atoms with Crippen molar-refractivity contribution in [3.63, 3.8) is 0 Å². The zero-order valence-corrected chi connectivity index (χ0v) is 15.9. The first-order valence-corrected chi connectivity index (χ1v) is 9.29. The number of methoxy groups -OCH3 is 2. The second-order valence-corrected chi connectivity index (χ2v) is 6.93. The van der Waals surface area contributed by atoms with Crippen molar-refractivity contribution >= 4 is 5.82 Å². The summed E-state index contributed by atoms with van der Waals surface area (Å²) in [5.74, 6) is 0.943. The Kier molecular flexibility index (Phi) is 6.37. The smallest absolute Gasteiger partial charge is 0.205 e. The highest BCUT2D eigenvalue weighted by molar-refractivity contribution is 5.65. The summed E-state index contributed by atoms with van der Waals surface area (Å²) < 4.78 is 12.7. The lowest BCUT2D eigenvalue weighted by molar-refractivity contribution is -0.779. The second kappa shape index (κ2) is 8.93. The monoisotopic (exact) mass is 371 g/mol. The Morgan fingerprint density at radius 2 is 2.07 bits per heavy atom. The number of rotatable bonds is 8. The third-order valence-corrected chi connectivity index (χ3v) is 5.40. The Labute approximate surface area is 159 Å². The summed E-state index contributed by atoms with van der Waals surface area (Å²) >= 11 is 0. The maximum absolute atomic E-state index is 9.27. The molecule has 1 aliphatic carbocycles. The third-order valence-electron chi connectivity index (χ3n) is 5.40. The molecular weight excluding hydrogens is 344 g/mol. The number of H-pyrrole nitrogens is 1. The van der Waals surface area contributed by atoms with Crippen LogP contribution in [0.4, 0.5) is 5.82 Å². The number of aromatic amines is 1. The fourth-order valence-corrected chi connectivity index (χ4v) is 3.92. The van der Waals surface area contributed by atoms with Crippen LogP contribution in [-0.4, -0.2) is 35.6 Å². The second-order valence-electron chi connectivity index (χ2n) is 6.93. The quantitative estimate of drug-likeness (QED) is 0.543. The average molecular weight is 371 g/mol. The van der Waals surface area contributed by atoms with Gasteiger partial charge in [-0.2, -0.15) is 10.4 Å². The van der Waals surface area contributed by atoms with Crippen LogP contribution in [0.25, 0.3) is 11.3 Å². The molecule has 27 heavy (non-hydrogen) atoms. The summed E-state index contributed by atoms with van der Waals surface area (Å²) in [7, 11) is 3.18. The van der Waals surface area contributed by atoms with Gasteiger partial charge in [-0.1, -0.05) is 12.8 Å². The summed E-state index contributed by atoms with van der Waals surface area (Å²) in [6.45, 7) is 0. The molecule has 0 unspecified atom stereocenters. The van der Waals surface area contributed by atoms with E-state index in [1.807, 2.05) is 17.1 Å². The van der Waals surface area contributed by atoms with Crippen LogP contribution in [-0.2, 0) is 15.9 Å². The van der Waals surface area contributed by atoms with Crippen LogP contribution >= 0.6 is 0 Å². The Morgan fingerprint density at radius 1 is 1.33 bits per heavy atom. The lowest BCUT2D eigenvalue weighted by Crippen LogP contribution is -2.44. The minimum atomic E-state index is -0.423. The Bertz CT molecular complexity index is 790. The van der Waals surface area contributed by atoms with Crippen molar-refractivity contribution in [3.8, 4) is 17.3 Å². The number of nitriles is 1. The molecule has 0 aromatic carbocycles. The van der Waals surface area contributed by atoms with E-state index >= 15 is 0 Å². The zero-order valence-electron chi connectivity index (χ0n) is 15.9. The molecule has 8 nitrogen and oxygen atoms in total. The van der Waals surface area contributed by atoms with Gasteiger partial charge in [0.05, 0.1) is 29.9 Å². The first-order valence-electron chi connectivity index (χ1n) is 9.29. The predicted octanol–water partition coefficient (Wildman–Crippen LogP) is 2.15. The molecule has 0 aliphatic heterocycles. The largest absolute Gasteiger partial charge is 0.383 e. The summed E-state index contributed by atoms with van der Waals surface area (Å²) in [6, 6.07) is 2.49. The fraction of sp³-hybridized carbons (Fsp3) is 0.579. The van der Waals surface area contributed by atoms with Gasteiger partial charge in [0, 0.05) is 32.1 Å². The average Bonchev–Trinajstić information content (AvgIpc) is 3.37. The number of nitrogens with two attached hydrogens (primary N) is 1. The van der Waals surface area contributed by atoms with Crippen LogP contribution in [0.15, 0.2) is 18.7 Å². The maximum Gasteiger partial charge on any atom is 0.205 e. The topological polar surface area (TPSA) is 114 Å².